The molecule has 3 rings (SSSR count). The van der Waals surface area contributed by atoms with E-state index < -0.39 is 12.2 Å². The fraction of sp³-hybridized carbons (Fsp3) is 0.312. The van der Waals surface area contributed by atoms with E-state index in [1.807, 2.05) is 30.3 Å². The molecular formula is C16H16F3N3. The summed E-state index contributed by atoms with van der Waals surface area (Å²) in [6.45, 7) is 0.319. The van der Waals surface area contributed by atoms with Gasteiger partial charge >= 0.3 is 6.18 Å². The van der Waals surface area contributed by atoms with Gasteiger partial charge in [0.1, 0.15) is 6.04 Å². The first-order valence-corrected chi connectivity index (χ1v) is 7.12. The summed E-state index contributed by atoms with van der Waals surface area (Å²) in [7, 11) is 0. The van der Waals surface area contributed by atoms with Gasteiger partial charge in [0.25, 0.3) is 0 Å². The molecule has 3 nitrogen and oxygen atoms in total. The number of aromatic nitrogens is 1. The lowest BCUT2D eigenvalue weighted by atomic mass is 10.0. The summed E-state index contributed by atoms with van der Waals surface area (Å²) in [5.41, 5.74) is 8.00. The van der Waals surface area contributed by atoms with Crippen LogP contribution in [0.3, 0.4) is 0 Å². The summed E-state index contributed by atoms with van der Waals surface area (Å²) in [6.07, 6.45) is -2.19. The Bertz CT molecular complexity index is 655. The Kier molecular flexibility index (Phi) is 3.68. The molecule has 2 N–H and O–H groups in total. The predicted molar refractivity (Wildman–Crippen MR) is 80.5 cm³/mol. The maximum atomic E-state index is 13.1. The van der Waals surface area contributed by atoms with E-state index in [0.717, 1.165) is 5.56 Å². The van der Waals surface area contributed by atoms with Crippen molar-refractivity contribution in [1.82, 2.24) is 4.98 Å². The van der Waals surface area contributed by atoms with Gasteiger partial charge in [-0.1, -0.05) is 30.3 Å². The first-order valence-electron chi connectivity index (χ1n) is 7.12. The van der Waals surface area contributed by atoms with E-state index in [9.17, 15) is 13.2 Å². The molecule has 0 saturated carbocycles. The van der Waals surface area contributed by atoms with E-state index >= 15 is 0 Å². The number of halogens is 3. The van der Waals surface area contributed by atoms with Crippen molar-refractivity contribution < 1.29 is 13.2 Å². The lowest BCUT2D eigenvalue weighted by Gasteiger charge is -2.29. The maximum Gasteiger partial charge on any atom is 0.408 e. The Labute approximate surface area is 126 Å². The number of nitrogens with two attached hydrogens (primary N) is 1. The topological polar surface area (TPSA) is 42.1 Å². The number of rotatable bonds is 2. The third kappa shape index (κ3) is 2.61. The first kappa shape index (κ1) is 14.7. The molecule has 2 aromatic rings. The highest BCUT2D eigenvalue weighted by atomic mass is 19.4. The van der Waals surface area contributed by atoms with Crippen molar-refractivity contribution in [2.24, 2.45) is 0 Å². The monoisotopic (exact) mass is 307 g/mol. The highest BCUT2D eigenvalue weighted by Gasteiger charge is 2.46. The molecule has 0 aliphatic carbocycles. The van der Waals surface area contributed by atoms with Crippen LogP contribution in [0.1, 0.15) is 12.8 Å². The Balaban J connectivity index is 2.02. The molecule has 22 heavy (non-hydrogen) atoms. The SMILES string of the molecule is Nc1c(-c2ccccc2)ccnc1N1CCC[C@@H]1C(F)(F)F. The Morgan fingerprint density at radius 1 is 1.14 bits per heavy atom. The third-order valence-corrected chi connectivity index (χ3v) is 3.96. The molecule has 0 radical (unpaired) electrons. The molecule has 1 fully saturated rings. The zero-order valence-electron chi connectivity index (χ0n) is 11.8. The van der Waals surface area contributed by atoms with Gasteiger partial charge in [-0.05, 0) is 24.5 Å². The van der Waals surface area contributed by atoms with Crippen LogP contribution < -0.4 is 10.6 Å². The average Bonchev–Trinajstić information content (AvgIpc) is 2.98. The van der Waals surface area contributed by atoms with Gasteiger partial charge < -0.3 is 10.6 Å². The molecule has 1 aliphatic rings. The van der Waals surface area contributed by atoms with Crippen LogP contribution in [0.25, 0.3) is 11.1 Å². The number of pyridine rings is 1. The minimum absolute atomic E-state index is 0.0835. The van der Waals surface area contributed by atoms with E-state index in [4.69, 9.17) is 5.73 Å². The molecule has 1 aromatic carbocycles. The van der Waals surface area contributed by atoms with E-state index in [0.29, 0.717) is 24.2 Å². The van der Waals surface area contributed by atoms with Crippen molar-refractivity contribution in [3.63, 3.8) is 0 Å². The van der Waals surface area contributed by atoms with Crippen LogP contribution in [0, 0.1) is 0 Å². The minimum atomic E-state index is -4.27. The van der Waals surface area contributed by atoms with Crippen molar-refractivity contribution in [1.29, 1.82) is 0 Å². The summed E-state index contributed by atoms with van der Waals surface area (Å²) in [6, 6.07) is 9.58. The smallest absolute Gasteiger partial charge is 0.395 e. The number of benzene rings is 1. The average molecular weight is 307 g/mol. The summed E-state index contributed by atoms with van der Waals surface area (Å²) in [5.74, 6) is 0.223. The van der Waals surface area contributed by atoms with Crippen LogP contribution in [0.4, 0.5) is 24.7 Å². The van der Waals surface area contributed by atoms with Gasteiger partial charge in [-0.15, -0.1) is 0 Å². The Hall–Kier alpha value is -2.24. The van der Waals surface area contributed by atoms with Crippen molar-refractivity contribution in [3.8, 4) is 11.1 Å². The quantitative estimate of drug-likeness (QED) is 0.916. The second-order valence-electron chi connectivity index (χ2n) is 5.35. The van der Waals surface area contributed by atoms with Crippen LogP contribution in [0.15, 0.2) is 42.6 Å². The maximum absolute atomic E-state index is 13.1. The standard InChI is InChI=1S/C16H16F3N3/c17-16(18,19)13-7-4-10-22(13)15-14(20)12(8-9-21-15)11-5-2-1-3-6-11/h1-3,5-6,8-9,13H,4,7,10,20H2/t13-/m1/s1. The van der Waals surface area contributed by atoms with E-state index in [1.165, 1.54) is 11.1 Å². The summed E-state index contributed by atoms with van der Waals surface area (Å²) in [5, 5.41) is 0. The normalized spacial score (nSPS) is 18.7. The van der Waals surface area contributed by atoms with Crippen molar-refractivity contribution in [2.75, 3.05) is 17.2 Å². The van der Waals surface area contributed by atoms with E-state index in [2.05, 4.69) is 4.98 Å². The van der Waals surface area contributed by atoms with Gasteiger partial charge in [0.2, 0.25) is 0 Å². The Morgan fingerprint density at radius 2 is 1.86 bits per heavy atom. The van der Waals surface area contributed by atoms with Crippen LogP contribution in [0.2, 0.25) is 0 Å². The highest BCUT2D eigenvalue weighted by Crippen LogP contribution is 2.39. The summed E-state index contributed by atoms with van der Waals surface area (Å²) < 4.78 is 39.4. The van der Waals surface area contributed by atoms with Gasteiger partial charge in [-0.25, -0.2) is 4.98 Å². The van der Waals surface area contributed by atoms with Crippen molar-refractivity contribution >= 4 is 11.5 Å². The lowest BCUT2D eigenvalue weighted by Crippen LogP contribution is -2.42. The van der Waals surface area contributed by atoms with Gasteiger partial charge in [0.15, 0.2) is 5.82 Å². The number of hydrogen-bond donors (Lipinski definition) is 1. The molecule has 116 valence electrons. The third-order valence-electron chi connectivity index (χ3n) is 3.96. The largest absolute Gasteiger partial charge is 0.408 e. The fourth-order valence-electron chi connectivity index (χ4n) is 2.92. The number of nitrogens with zero attached hydrogens (tertiary/aromatic N) is 2. The molecule has 6 heteroatoms. The summed E-state index contributed by atoms with van der Waals surface area (Å²) in [4.78, 5) is 5.39. The van der Waals surface area contributed by atoms with Gasteiger partial charge in [-0.2, -0.15) is 13.2 Å². The zero-order valence-corrected chi connectivity index (χ0v) is 11.8. The minimum Gasteiger partial charge on any atom is -0.395 e. The highest BCUT2D eigenvalue weighted by molar-refractivity contribution is 5.83. The van der Waals surface area contributed by atoms with Crippen LogP contribution in [-0.4, -0.2) is 23.7 Å². The van der Waals surface area contributed by atoms with Crippen LogP contribution in [0.5, 0.6) is 0 Å². The molecular weight excluding hydrogens is 291 g/mol. The van der Waals surface area contributed by atoms with Gasteiger partial charge in [0.05, 0.1) is 5.69 Å². The zero-order chi connectivity index (χ0) is 15.7. The van der Waals surface area contributed by atoms with E-state index in [-0.39, 0.29) is 12.2 Å². The molecule has 0 amide bonds. The molecule has 0 unspecified atom stereocenters. The number of hydrogen-bond acceptors (Lipinski definition) is 3. The fourth-order valence-corrected chi connectivity index (χ4v) is 2.92. The van der Waals surface area contributed by atoms with Gasteiger partial charge in [-0.3, -0.25) is 0 Å². The number of nitrogen functional groups attached to an aromatic ring is 1. The molecule has 1 aromatic heterocycles. The van der Waals surface area contributed by atoms with Crippen LogP contribution in [-0.2, 0) is 0 Å². The molecule has 2 heterocycles. The molecule has 1 aliphatic heterocycles. The molecule has 0 spiro atoms. The second-order valence-corrected chi connectivity index (χ2v) is 5.35. The lowest BCUT2D eigenvalue weighted by molar-refractivity contribution is -0.146. The summed E-state index contributed by atoms with van der Waals surface area (Å²) >= 11 is 0. The molecule has 1 atom stereocenters. The number of alkyl halides is 3. The van der Waals surface area contributed by atoms with Gasteiger partial charge in [0, 0.05) is 18.3 Å². The molecule has 0 bridgehead atoms. The Morgan fingerprint density at radius 3 is 2.55 bits per heavy atom. The van der Waals surface area contributed by atoms with Crippen molar-refractivity contribution in [3.05, 3.63) is 42.6 Å². The first-order chi connectivity index (χ1) is 10.5. The predicted octanol–water partition coefficient (Wildman–Crippen LogP) is 3.86. The van der Waals surface area contributed by atoms with E-state index in [1.54, 1.807) is 6.07 Å². The number of anilines is 2. The van der Waals surface area contributed by atoms with Crippen LogP contribution >= 0.6 is 0 Å². The second kappa shape index (κ2) is 5.51. The molecule has 1 saturated heterocycles. The van der Waals surface area contributed by atoms with Crippen molar-refractivity contribution in [2.45, 2.75) is 25.1 Å².